The summed E-state index contributed by atoms with van der Waals surface area (Å²) in [5.41, 5.74) is 0. The van der Waals surface area contributed by atoms with E-state index < -0.39 is 0 Å². The fourth-order valence-electron chi connectivity index (χ4n) is 3.24. The molecular weight excluding hydrogens is 186 g/mol. The lowest BCUT2D eigenvalue weighted by molar-refractivity contribution is 0.143. The first-order valence-electron chi connectivity index (χ1n) is 6.67. The van der Waals surface area contributed by atoms with Crippen LogP contribution in [0.4, 0.5) is 0 Å². The van der Waals surface area contributed by atoms with Crippen molar-refractivity contribution in [2.45, 2.75) is 64.0 Å². The van der Waals surface area contributed by atoms with Gasteiger partial charge in [0.25, 0.3) is 0 Å². The highest BCUT2D eigenvalue weighted by atomic mass is 16.3. The van der Waals surface area contributed by atoms with Crippen molar-refractivity contribution in [1.82, 2.24) is 5.32 Å². The molecule has 4 atom stereocenters. The fraction of sp³-hybridized carbons (Fsp3) is 1.00. The molecule has 0 aromatic carbocycles. The molecule has 2 saturated carbocycles. The van der Waals surface area contributed by atoms with Crippen LogP contribution in [0.3, 0.4) is 0 Å². The second kappa shape index (κ2) is 5.31. The van der Waals surface area contributed by atoms with Gasteiger partial charge in [-0.25, -0.2) is 0 Å². The minimum Gasteiger partial charge on any atom is -0.392 e. The van der Waals surface area contributed by atoms with E-state index in [1.807, 2.05) is 0 Å². The van der Waals surface area contributed by atoms with E-state index in [0.717, 1.165) is 24.8 Å². The van der Waals surface area contributed by atoms with E-state index in [4.69, 9.17) is 0 Å². The van der Waals surface area contributed by atoms with Crippen molar-refractivity contribution in [3.63, 3.8) is 0 Å². The zero-order valence-electron chi connectivity index (χ0n) is 9.91. The summed E-state index contributed by atoms with van der Waals surface area (Å²) in [5, 5.41) is 13.3. The summed E-state index contributed by atoms with van der Waals surface area (Å²) in [5.74, 6) is 1.78. The van der Waals surface area contributed by atoms with E-state index in [1.54, 1.807) is 0 Å². The van der Waals surface area contributed by atoms with E-state index in [0.29, 0.717) is 6.04 Å². The summed E-state index contributed by atoms with van der Waals surface area (Å²) < 4.78 is 0. The highest BCUT2D eigenvalue weighted by molar-refractivity contribution is 4.84. The number of aliphatic hydroxyl groups excluding tert-OH is 1. The largest absolute Gasteiger partial charge is 0.392 e. The van der Waals surface area contributed by atoms with Crippen molar-refractivity contribution in [1.29, 1.82) is 0 Å². The quantitative estimate of drug-likeness (QED) is 0.751. The number of hydrogen-bond acceptors (Lipinski definition) is 2. The lowest BCUT2D eigenvalue weighted by atomic mass is 9.82. The summed E-state index contributed by atoms with van der Waals surface area (Å²) in [6.45, 7) is 3.50. The SMILES string of the molecule is CC1CCCC(CNC2CCCC2O)C1. The van der Waals surface area contributed by atoms with Gasteiger partial charge in [-0.3, -0.25) is 0 Å². The van der Waals surface area contributed by atoms with Crippen LogP contribution in [-0.2, 0) is 0 Å². The van der Waals surface area contributed by atoms with Gasteiger partial charge >= 0.3 is 0 Å². The Labute approximate surface area is 93.5 Å². The molecule has 0 amide bonds. The van der Waals surface area contributed by atoms with Gasteiger partial charge < -0.3 is 10.4 Å². The third-order valence-corrected chi connectivity index (χ3v) is 4.19. The Morgan fingerprint density at radius 2 is 1.93 bits per heavy atom. The van der Waals surface area contributed by atoms with Crippen LogP contribution < -0.4 is 5.32 Å². The molecule has 2 N–H and O–H groups in total. The molecule has 0 spiro atoms. The van der Waals surface area contributed by atoms with Crippen LogP contribution in [0.2, 0.25) is 0 Å². The van der Waals surface area contributed by atoms with Gasteiger partial charge in [0.1, 0.15) is 0 Å². The topological polar surface area (TPSA) is 32.3 Å². The first-order chi connectivity index (χ1) is 7.25. The Morgan fingerprint density at radius 3 is 2.60 bits per heavy atom. The van der Waals surface area contributed by atoms with Crippen molar-refractivity contribution in [2.75, 3.05) is 6.54 Å². The maximum absolute atomic E-state index is 9.71. The molecule has 88 valence electrons. The van der Waals surface area contributed by atoms with Crippen molar-refractivity contribution < 1.29 is 5.11 Å². The van der Waals surface area contributed by atoms with Crippen molar-refractivity contribution in [3.05, 3.63) is 0 Å². The molecule has 2 nitrogen and oxygen atoms in total. The molecular formula is C13H25NO. The molecule has 0 aliphatic heterocycles. The van der Waals surface area contributed by atoms with Crippen LogP contribution in [0.1, 0.15) is 51.9 Å². The van der Waals surface area contributed by atoms with Crippen LogP contribution >= 0.6 is 0 Å². The number of aliphatic hydroxyl groups is 1. The van der Waals surface area contributed by atoms with Crippen molar-refractivity contribution in [3.8, 4) is 0 Å². The summed E-state index contributed by atoms with van der Waals surface area (Å²) in [7, 11) is 0. The lowest BCUT2D eigenvalue weighted by Gasteiger charge is -2.28. The Morgan fingerprint density at radius 1 is 1.13 bits per heavy atom. The summed E-state index contributed by atoms with van der Waals surface area (Å²) >= 11 is 0. The Hall–Kier alpha value is -0.0800. The smallest absolute Gasteiger partial charge is 0.0693 e. The Bertz CT molecular complexity index is 195. The van der Waals surface area contributed by atoms with Gasteiger partial charge in [0.2, 0.25) is 0 Å². The van der Waals surface area contributed by atoms with Crippen LogP contribution in [0.15, 0.2) is 0 Å². The van der Waals surface area contributed by atoms with Crippen LogP contribution in [0, 0.1) is 11.8 Å². The average Bonchev–Trinajstić information content (AvgIpc) is 2.61. The molecule has 15 heavy (non-hydrogen) atoms. The average molecular weight is 211 g/mol. The zero-order valence-corrected chi connectivity index (χ0v) is 9.91. The monoisotopic (exact) mass is 211 g/mol. The van der Waals surface area contributed by atoms with Gasteiger partial charge in [0.15, 0.2) is 0 Å². The Balaban J connectivity index is 1.68. The molecule has 0 aromatic rings. The number of nitrogens with one attached hydrogen (secondary N) is 1. The second-order valence-corrected chi connectivity index (χ2v) is 5.65. The lowest BCUT2D eigenvalue weighted by Crippen LogP contribution is -2.39. The third-order valence-electron chi connectivity index (χ3n) is 4.19. The molecule has 0 saturated heterocycles. The molecule has 0 aromatic heterocycles. The highest BCUT2D eigenvalue weighted by Gasteiger charge is 2.26. The Kier molecular flexibility index (Phi) is 4.04. The predicted molar refractivity (Wildman–Crippen MR) is 62.8 cm³/mol. The molecule has 0 radical (unpaired) electrons. The second-order valence-electron chi connectivity index (χ2n) is 5.65. The van der Waals surface area contributed by atoms with Gasteiger partial charge in [-0.1, -0.05) is 19.8 Å². The minimum absolute atomic E-state index is 0.0778. The fourth-order valence-corrected chi connectivity index (χ4v) is 3.24. The first kappa shape index (κ1) is 11.4. The molecule has 2 aliphatic rings. The van der Waals surface area contributed by atoms with Gasteiger partial charge in [-0.15, -0.1) is 0 Å². The summed E-state index contributed by atoms with van der Waals surface area (Å²) in [4.78, 5) is 0. The van der Waals surface area contributed by atoms with Crippen molar-refractivity contribution in [2.24, 2.45) is 11.8 Å². The highest BCUT2D eigenvalue weighted by Crippen LogP contribution is 2.28. The number of rotatable bonds is 3. The van der Waals surface area contributed by atoms with E-state index >= 15 is 0 Å². The van der Waals surface area contributed by atoms with Gasteiger partial charge in [-0.2, -0.15) is 0 Å². The van der Waals surface area contributed by atoms with Gasteiger partial charge in [0, 0.05) is 6.04 Å². The molecule has 2 rings (SSSR count). The molecule has 4 unspecified atom stereocenters. The van der Waals surface area contributed by atoms with E-state index in [2.05, 4.69) is 12.2 Å². The predicted octanol–water partition coefficient (Wildman–Crippen LogP) is 2.32. The maximum Gasteiger partial charge on any atom is 0.0693 e. The molecule has 2 fully saturated rings. The van der Waals surface area contributed by atoms with Crippen LogP contribution in [0.5, 0.6) is 0 Å². The van der Waals surface area contributed by atoms with E-state index in [-0.39, 0.29) is 6.10 Å². The molecule has 2 aliphatic carbocycles. The normalized spacial score (nSPS) is 42.0. The summed E-state index contributed by atoms with van der Waals surface area (Å²) in [6.07, 6.45) is 8.88. The molecule has 0 heterocycles. The van der Waals surface area contributed by atoms with E-state index in [1.165, 1.54) is 38.5 Å². The molecule has 0 bridgehead atoms. The maximum atomic E-state index is 9.71. The minimum atomic E-state index is -0.0778. The molecule has 2 heteroatoms. The standard InChI is InChI=1S/C13H25NO/c1-10-4-2-5-11(8-10)9-14-12-6-3-7-13(12)15/h10-15H,2-9H2,1H3. The van der Waals surface area contributed by atoms with Crippen LogP contribution in [0.25, 0.3) is 0 Å². The zero-order chi connectivity index (χ0) is 10.7. The van der Waals surface area contributed by atoms with Gasteiger partial charge in [-0.05, 0) is 50.5 Å². The third kappa shape index (κ3) is 3.18. The van der Waals surface area contributed by atoms with E-state index in [9.17, 15) is 5.11 Å². The van der Waals surface area contributed by atoms with Crippen LogP contribution in [-0.4, -0.2) is 23.8 Å². The van der Waals surface area contributed by atoms with Gasteiger partial charge in [0.05, 0.1) is 6.10 Å². The number of hydrogen-bond donors (Lipinski definition) is 2. The first-order valence-corrected chi connectivity index (χ1v) is 6.67. The summed E-state index contributed by atoms with van der Waals surface area (Å²) in [6, 6.07) is 0.391. The van der Waals surface area contributed by atoms with Crippen molar-refractivity contribution >= 4 is 0 Å².